The number of nitro benzene ring substituents is 1. The van der Waals surface area contributed by atoms with Crippen molar-refractivity contribution in [1.29, 1.82) is 0 Å². The van der Waals surface area contributed by atoms with Crippen molar-refractivity contribution < 1.29 is 19.6 Å². The number of carbonyl (C=O) groups excluding carboxylic acids is 1. The first-order valence-corrected chi connectivity index (χ1v) is 8.47. The maximum atomic E-state index is 12.5. The zero-order chi connectivity index (χ0) is 20.3. The summed E-state index contributed by atoms with van der Waals surface area (Å²) in [6, 6.07) is 10.9. The second-order valence-corrected chi connectivity index (χ2v) is 5.96. The Bertz CT molecular complexity index is 1040. The molecule has 3 N–H and O–H groups in total. The fourth-order valence-corrected chi connectivity index (χ4v) is 2.66. The van der Waals surface area contributed by atoms with Gasteiger partial charge in [-0.15, -0.1) is 0 Å². The van der Waals surface area contributed by atoms with Gasteiger partial charge in [0.25, 0.3) is 11.6 Å². The summed E-state index contributed by atoms with van der Waals surface area (Å²) >= 11 is 0. The molecule has 0 aliphatic rings. The number of hydrogen-bond acceptors (Lipinski definition) is 6. The first-order valence-electron chi connectivity index (χ1n) is 8.47. The van der Waals surface area contributed by atoms with Crippen LogP contribution in [-0.4, -0.2) is 32.7 Å². The van der Waals surface area contributed by atoms with Crippen molar-refractivity contribution in [1.82, 2.24) is 10.2 Å². The minimum Gasteiger partial charge on any atom is -0.507 e. The number of nitrogens with zero attached hydrogens (tertiary/aromatic N) is 2. The van der Waals surface area contributed by atoms with Crippen molar-refractivity contribution in [2.45, 2.75) is 13.8 Å². The van der Waals surface area contributed by atoms with Crippen LogP contribution in [0.15, 0.2) is 42.5 Å². The average molecular weight is 382 g/mol. The molecule has 0 atom stereocenters. The predicted octanol–water partition coefficient (Wildman–Crippen LogP) is 3.65. The SMILES string of the molecule is CCOc1ccc(NC(=O)c2cc(-c3cccc(C)c3O)n[nH]2)c([N+](=O)[O-])c1. The number of aromatic amines is 1. The van der Waals surface area contributed by atoms with E-state index in [1.165, 1.54) is 24.3 Å². The number of aromatic hydroxyl groups is 1. The van der Waals surface area contributed by atoms with Crippen LogP contribution in [-0.2, 0) is 0 Å². The number of H-pyrrole nitrogens is 1. The highest BCUT2D eigenvalue weighted by Gasteiger charge is 2.20. The number of nitrogens with one attached hydrogen (secondary N) is 2. The minimum atomic E-state index is -0.599. The highest BCUT2D eigenvalue weighted by Crippen LogP contribution is 2.32. The second-order valence-electron chi connectivity index (χ2n) is 5.96. The fourth-order valence-electron chi connectivity index (χ4n) is 2.66. The van der Waals surface area contributed by atoms with Gasteiger partial charge in [-0.2, -0.15) is 5.10 Å². The third kappa shape index (κ3) is 3.78. The Morgan fingerprint density at radius 1 is 1.32 bits per heavy atom. The summed E-state index contributed by atoms with van der Waals surface area (Å²) in [6.45, 7) is 3.89. The van der Waals surface area contributed by atoms with Crippen molar-refractivity contribution in [2.75, 3.05) is 11.9 Å². The van der Waals surface area contributed by atoms with Gasteiger partial charge in [0.1, 0.15) is 22.9 Å². The van der Waals surface area contributed by atoms with Crippen molar-refractivity contribution in [3.05, 3.63) is 63.8 Å². The van der Waals surface area contributed by atoms with Crippen LogP contribution in [0.1, 0.15) is 23.0 Å². The lowest BCUT2D eigenvalue weighted by Crippen LogP contribution is -2.13. The van der Waals surface area contributed by atoms with Crippen LogP contribution in [0.25, 0.3) is 11.3 Å². The molecule has 2 aromatic carbocycles. The quantitative estimate of drug-likeness (QED) is 0.441. The number of phenolic OH excluding ortho intramolecular Hbond substituents is 1. The molecule has 9 heteroatoms. The standard InChI is InChI=1S/C19H18N4O5/c1-3-28-12-7-8-14(17(9-12)23(26)27)20-19(25)16-10-15(21-22-16)13-6-4-5-11(2)18(13)24/h4-10,24H,3H2,1-2H3,(H,20,25)(H,21,22). The lowest BCUT2D eigenvalue weighted by atomic mass is 10.1. The first kappa shape index (κ1) is 18.9. The Balaban J connectivity index is 1.85. The number of hydrogen-bond donors (Lipinski definition) is 3. The fraction of sp³-hybridized carbons (Fsp3) is 0.158. The molecule has 0 spiro atoms. The van der Waals surface area contributed by atoms with E-state index >= 15 is 0 Å². The summed E-state index contributed by atoms with van der Waals surface area (Å²) in [5, 5.41) is 30.6. The summed E-state index contributed by atoms with van der Waals surface area (Å²) < 4.78 is 5.26. The maximum Gasteiger partial charge on any atom is 0.296 e. The van der Waals surface area contributed by atoms with E-state index in [0.29, 0.717) is 29.2 Å². The zero-order valence-corrected chi connectivity index (χ0v) is 15.2. The van der Waals surface area contributed by atoms with Crippen LogP contribution < -0.4 is 10.1 Å². The number of rotatable bonds is 6. The molecule has 0 aliphatic carbocycles. The third-order valence-electron chi connectivity index (χ3n) is 4.06. The van der Waals surface area contributed by atoms with E-state index < -0.39 is 10.8 Å². The summed E-state index contributed by atoms with van der Waals surface area (Å²) in [7, 11) is 0. The van der Waals surface area contributed by atoms with Gasteiger partial charge in [0.05, 0.1) is 23.3 Å². The number of nitro groups is 1. The monoisotopic (exact) mass is 382 g/mol. The van der Waals surface area contributed by atoms with E-state index in [1.807, 2.05) is 0 Å². The summed E-state index contributed by atoms with van der Waals surface area (Å²) in [5.41, 5.74) is 1.38. The third-order valence-corrected chi connectivity index (χ3v) is 4.06. The largest absolute Gasteiger partial charge is 0.507 e. The zero-order valence-electron chi connectivity index (χ0n) is 15.2. The molecule has 0 radical (unpaired) electrons. The van der Waals surface area contributed by atoms with E-state index in [1.54, 1.807) is 32.0 Å². The van der Waals surface area contributed by atoms with Gasteiger partial charge in [0.2, 0.25) is 0 Å². The molecule has 0 bridgehead atoms. The van der Waals surface area contributed by atoms with Crippen molar-refractivity contribution in [2.24, 2.45) is 0 Å². The van der Waals surface area contributed by atoms with Crippen molar-refractivity contribution in [3.8, 4) is 22.8 Å². The van der Waals surface area contributed by atoms with Gasteiger partial charge in [-0.05, 0) is 43.7 Å². The molecule has 28 heavy (non-hydrogen) atoms. The maximum absolute atomic E-state index is 12.5. The molecule has 0 saturated carbocycles. The molecule has 0 aliphatic heterocycles. The van der Waals surface area contributed by atoms with E-state index in [4.69, 9.17) is 4.74 Å². The molecule has 1 amide bonds. The Kier molecular flexibility index (Phi) is 5.25. The van der Waals surface area contributed by atoms with E-state index in [0.717, 1.165) is 0 Å². The molecule has 1 aromatic heterocycles. The van der Waals surface area contributed by atoms with E-state index in [-0.39, 0.29) is 22.8 Å². The molecule has 0 saturated heterocycles. The van der Waals surface area contributed by atoms with Crippen LogP contribution >= 0.6 is 0 Å². The number of para-hydroxylation sites is 1. The number of amides is 1. The second kappa shape index (κ2) is 7.78. The molecule has 3 aromatic rings. The number of ether oxygens (including phenoxy) is 1. The number of phenols is 1. The number of anilines is 1. The van der Waals surface area contributed by atoms with Crippen molar-refractivity contribution in [3.63, 3.8) is 0 Å². The predicted molar refractivity (Wildman–Crippen MR) is 103 cm³/mol. The molecule has 0 unspecified atom stereocenters. The first-order chi connectivity index (χ1) is 13.4. The van der Waals surface area contributed by atoms with Gasteiger partial charge in [-0.3, -0.25) is 20.0 Å². The summed E-state index contributed by atoms with van der Waals surface area (Å²) in [5.74, 6) is -0.188. The van der Waals surface area contributed by atoms with Gasteiger partial charge in [-0.25, -0.2) is 0 Å². The van der Waals surface area contributed by atoms with Crippen LogP contribution in [0.4, 0.5) is 11.4 Å². The Morgan fingerprint density at radius 3 is 2.82 bits per heavy atom. The smallest absolute Gasteiger partial charge is 0.296 e. The van der Waals surface area contributed by atoms with Gasteiger partial charge < -0.3 is 15.2 Å². The normalized spacial score (nSPS) is 10.5. The number of aromatic nitrogens is 2. The van der Waals surface area contributed by atoms with Crippen LogP contribution in [0, 0.1) is 17.0 Å². The summed E-state index contributed by atoms with van der Waals surface area (Å²) in [6.07, 6.45) is 0. The van der Waals surface area contributed by atoms with Gasteiger partial charge in [-0.1, -0.05) is 12.1 Å². The van der Waals surface area contributed by atoms with Gasteiger partial charge in [0, 0.05) is 5.56 Å². The minimum absolute atomic E-state index is 0.0352. The number of aryl methyl sites for hydroxylation is 1. The van der Waals surface area contributed by atoms with Crippen LogP contribution in [0.5, 0.6) is 11.5 Å². The van der Waals surface area contributed by atoms with Crippen LogP contribution in [0.3, 0.4) is 0 Å². The molecule has 9 nitrogen and oxygen atoms in total. The molecule has 1 heterocycles. The van der Waals surface area contributed by atoms with E-state index in [9.17, 15) is 20.0 Å². The lowest BCUT2D eigenvalue weighted by Gasteiger charge is -2.07. The Labute approximate surface area is 160 Å². The Hall–Kier alpha value is -3.88. The molecule has 0 fully saturated rings. The van der Waals surface area contributed by atoms with Crippen molar-refractivity contribution >= 4 is 17.3 Å². The topological polar surface area (TPSA) is 130 Å². The molecule has 144 valence electrons. The molecule has 3 rings (SSSR count). The van der Waals surface area contributed by atoms with Crippen LogP contribution in [0.2, 0.25) is 0 Å². The van der Waals surface area contributed by atoms with Gasteiger partial charge >= 0.3 is 0 Å². The van der Waals surface area contributed by atoms with E-state index in [2.05, 4.69) is 15.5 Å². The Morgan fingerprint density at radius 2 is 2.11 bits per heavy atom. The average Bonchev–Trinajstić information content (AvgIpc) is 3.15. The highest BCUT2D eigenvalue weighted by molar-refractivity contribution is 6.04. The summed E-state index contributed by atoms with van der Waals surface area (Å²) in [4.78, 5) is 23.2. The van der Waals surface area contributed by atoms with Gasteiger partial charge in [0.15, 0.2) is 0 Å². The number of benzene rings is 2. The molecular formula is C19H18N4O5. The highest BCUT2D eigenvalue weighted by atomic mass is 16.6. The lowest BCUT2D eigenvalue weighted by molar-refractivity contribution is -0.384. The number of carbonyl (C=O) groups is 1. The molecular weight excluding hydrogens is 364 g/mol.